The monoisotopic (exact) mass is 246 g/mol. The standard InChI is InChI=1S/C11H23N2O2P/c1-7-14-16(15-11(6)8-12)13(9(2)3)10(4)5/h9-11H,7H2,1-6H3. The minimum absolute atomic E-state index is 0.337. The third-order valence-corrected chi connectivity index (χ3v) is 4.19. The van der Waals surface area contributed by atoms with Crippen molar-refractivity contribution in [2.24, 2.45) is 0 Å². The van der Waals surface area contributed by atoms with Crippen molar-refractivity contribution in [1.29, 1.82) is 5.26 Å². The summed E-state index contributed by atoms with van der Waals surface area (Å²) in [6.45, 7) is 12.7. The number of hydrogen-bond acceptors (Lipinski definition) is 4. The van der Waals surface area contributed by atoms with Gasteiger partial charge in [0, 0.05) is 12.1 Å². The maximum Gasteiger partial charge on any atom is 0.260 e. The molecule has 0 heterocycles. The van der Waals surface area contributed by atoms with Crippen LogP contribution in [-0.2, 0) is 9.05 Å². The fourth-order valence-electron chi connectivity index (χ4n) is 1.39. The summed E-state index contributed by atoms with van der Waals surface area (Å²) in [5.41, 5.74) is 0. The van der Waals surface area contributed by atoms with Crippen molar-refractivity contribution in [2.45, 2.75) is 59.7 Å². The summed E-state index contributed by atoms with van der Waals surface area (Å²) in [6.07, 6.45) is -0.433. The molecule has 0 bridgehead atoms. The zero-order chi connectivity index (χ0) is 12.7. The van der Waals surface area contributed by atoms with Crippen LogP contribution in [0, 0.1) is 11.3 Å². The highest BCUT2D eigenvalue weighted by Gasteiger charge is 2.28. The van der Waals surface area contributed by atoms with Crippen molar-refractivity contribution in [1.82, 2.24) is 4.67 Å². The Hall–Kier alpha value is -0.200. The molecule has 5 heteroatoms. The summed E-state index contributed by atoms with van der Waals surface area (Å²) in [5.74, 6) is 0. The lowest BCUT2D eigenvalue weighted by atomic mass is 10.3. The van der Waals surface area contributed by atoms with E-state index in [-0.39, 0.29) is 0 Å². The fraction of sp³-hybridized carbons (Fsp3) is 0.909. The van der Waals surface area contributed by atoms with E-state index >= 15 is 0 Å². The fourth-order valence-corrected chi connectivity index (χ4v) is 2.99. The van der Waals surface area contributed by atoms with E-state index in [4.69, 9.17) is 14.3 Å². The molecule has 0 rings (SSSR count). The molecule has 0 aromatic carbocycles. The van der Waals surface area contributed by atoms with E-state index in [0.29, 0.717) is 18.7 Å². The van der Waals surface area contributed by atoms with Crippen LogP contribution in [0.4, 0.5) is 0 Å². The first-order valence-corrected chi connectivity index (χ1v) is 6.84. The lowest BCUT2D eigenvalue weighted by Crippen LogP contribution is -2.34. The smallest absolute Gasteiger partial charge is 0.260 e. The van der Waals surface area contributed by atoms with Crippen LogP contribution in [0.3, 0.4) is 0 Å². The van der Waals surface area contributed by atoms with Gasteiger partial charge in [-0.3, -0.25) is 0 Å². The van der Waals surface area contributed by atoms with Crippen LogP contribution in [0.15, 0.2) is 0 Å². The summed E-state index contributed by atoms with van der Waals surface area (Å²) < 4.78 is 13.4. The molecule has 0 spiro atoms. The number of nitrogens with zero attached hydrogens (tertiary/aromatic N) is 2. The molecule has 0 N–H and O–H groups in total. The molecule has 0 fully saturated rings. The Morgan fingerprint density at radius 3 is 2.00 bits per heavy atom. The summed E-state index contributed by atoms with van der Waals surface area (Å²) >= 11 is 0. The molecule has 0 amide bonds. The van der Waals surface area contributed by atoms with E-state index in [1.54, 1.807) is 6.92 Å². The molecule has 0 aromatic rings. The quantitative estimate of drug-likeness (QED) is 0.646. The average Bonchev–Trinajstić information content (AvgIpc) is 2.16. The Morgan fingerprint density at radius 2 is 1.69 bits per heavy atom. The molecule has 0 saturated carbocycles. The first-order chi connectivity index (χ1) is 7.43. The second kappa shape index (κ2) is 7.97. The van der Waals surface area contributed by atoms with E-state index in [0.717, 1.165) is 0 Å². The molecule has 94 valence electrons. The Labute approximate surface area is 100 Å². The summed E-state index contributed by atoms with van der Waals surface area (Å²) in [5, 5.41) is 8.77. The number of rotatable bonds is 7. The van der Waals surface area contributed by atoms with Crippen molar-refractivity contribution in [3.8, 4) is 6.07 Å². The lowest BCUT2D eigenvalue weighted by Gasteiger charge is -2.35. The minimum atomic E-state index is -1.14. The van der Waals surface area contributed by atoms with Crippen molar-refractivity contribution < 1.29 is 9.05 Å². The van der Waals surface area contributed by atoms with Crippen molar-refractivity contribution in [3.05, 3.63) is 0 Å². The normalized spacial score (nSPS) is 15.5. The van der Waals surface area contributed by atoms with Gasteiger partial charge in [-0.15, -0.1) is 0 Å². The second-order valence-corrected chi connectivity index (χ2v) is 5.51. The highest BCUT2D eigenvalue weighted by atomic mass is 31.2. The van der Waals surface area contributed by atoms with Crippen LogP contribution < -0.4 is 0 Å². The molecule has 16 heavy (non-hydrogen) atoms. The van der Waals surface area contributed by atoms with Gasteiger partial charge in [-0.1, -0.05) is 0 Å². The highest BCUT2D eigenvalue weighted by Crippen LogP contribution is 2.46. The van der Waals surface area contributed by atoms with Crippen LogP contribution in [0.1, 0.15) is 41.5 Å². The third kappa shape index (κ3) is 5.23. The van der Waals surface area contributed by atoms with Crippen molar-refractivity contribution in [2.75, 3.05) is 6.61 Å². The van der Waals surface area contributed by atoms with Gasteiger partial charge in [0.15, 0.2) is 0 Å². The van der Waals surface area contributed by atoms with Gasteiger partial charge in [0.1, 0.15) is 6.10 Å². The molecule has 0 radical (unpaired) electrons. The number of hydrogen-bond donors (Lipinski definition) is 0. The molecule has 2 unspecified atom stereocenters. The van der Waals surface area contributed by atoms with E-state index in [1.807, 2.05) is 6.92 Å². The Balaban J connectivity index is 4.65. The second-order valence-electron chi connectivity index (χ2n) is 4.10. The summed E-state index contributed by atoms with van der Waals surface area (Å²) in [4.78, 5) is 0. The van der Waals surface area contributed by atoms with Gasteiger partial charge in [-0.2, -0.15) is 5.26 Å². The molecular weight excluding hydrogens is 223 g/mol. The van der Waals surface area contributed by atoms with Gasteiger partial charge in [0.05, 0.1) is 12.7 Å². The highest BCUT2D eigenvalue weighted by molar-refractivity contribution is 7.44. The molecule has 2 atom stereocenters. The minimum Gasteiger partial charge on any atom is -0.322 e. The van der Waals surface area contributed by atoms with Crippen molar-refractivity contribution in [3.63, 3.8) is 0 Å². The van der Waals surface area contributed by atoms with Crippen LogP contribution >= 0.6 is 8.53 Å². The van der Waals surface area contributed by atoms with E-state index in [1.165, 1.54) is 0 Å². The zero-order valence-electron chi connectivity index (χ0n) is 11.1. The topological polar surface area (TPSA) is 45.5 Å². The van der Waals surface area contributed by atoms with Crippen LogP contribution in [0.5, 0.6) is 0 Å². The molecule has 4 nitrogen and oxygen atoms in total. The first-order valence-electron chi connectivity index (χ1n) is 5.71. The third-order valence-electron chi connectivity index (χ3n) is 1.92. The first kappa shape index (κ1) is 15.8. The SMILES string of the molecule is CCOP(OC(C)C#N)N(C(C)C)C(C)C. The van der Waals surface area contributed by atoms with Crippen LogP contribution in [0.2, 0.25) is 0 Å². The van der Waals surface area contributed by atoms with Crippen LogP contribution in [-0.4, -0.2) is 29.5 Å². The largest absolute Gasteiger partial charge is 0.322 e. The van der Waals surface area contributed by atoms with E-state index in [2.05, 4.69) is 38.4 Å². The Kier molecular flexibility index (Phi) is 7.87. The molecule has 0 saturated heterocycles. The predicted octanol–water partition coefficient (Wildman–Crippen LogP) is 3.30. The number of nitriles is 1. The van der Waals surface area contributed by atoms with E-state index < -0.39 is 14.6 Å². The van der Waals surface area contributed by atoms with Crippen molar-refractivity contribution >= 4 is 8.53 Å². The molecule has 0 aliphatic rings. The zero-order valence-corrected chi connectivity index (χ0v) is 12.0. The molecule has 0 aliphatic heterocycles. The van der Waals surface area contributed by atoms with Gasteiger partial charge >= 0.3 is 0 Å². The van der Waals surface area contributed by atoms with E-state index in [9.17, 15) is 0 Å². The molecular formula is C11H23N2O2P. The average molecular weight is 246 g/mol. The van der Waals surface area contributed by atoms with Gasteiger partial charge in [-0.05, 0) is 41.5 Å². The predicted molar refractivity (Wildman–Crippen MR) is 66.8 cm³/mol. The van der Waals surface area contributed by atoms with Gasteiger partial charge < -0.3 is 9.05 Å². The van der Waals surface area contributed by atoms with Crippen LogP contribution in [0.25, 0.3) is 0 Å². The molecule has 0 aliphatic carbocycles. The Bertz CT molecular complexity index is 221. The van der Waals surface area contributed by atoms with Gasteiger partial charge in [0.2, 0.25) is 0 Å². The lowest BCUT2D eigenvalue weighted by molar-refractivity contribution is 0.165. The summed E-state index contributed by atoms with van der Waals surface area (Å²) in [7, 11) is -1.14. The molecule has 0 aromatic heterocycles. The Morgan fingerprint density at radius 1 is 1.19 bits per heavy atom. The maximum absolute atomic E-state index is 8.77. The maximum atomic E-state index is 8.77. The summed E-state index contributed by atoms with van der Waals surface area (Å²) in [6, 6.07) is 2.75. The van der Waals surface area contributed by atoms with Gasteiger partial charge in [0.25, 0.3) is 8.53 Å². The van der Waals surface area contributed by atoms with Gasteiger partial charge in [-0.25, -0.2) is 4.67 Å².